The van der Waals surface area contributed by atoms with Crippen LogP contribution in [-0.2, 0) is 0 Å². The maximum Gasteiger partial charge on any atom is 0.194 e. The van der Waals surface area contributed by atoms with E-state index in [2.05, 4.69) is 30.6 Å². The largest absolute Gasteiger partial charge is 0.507 e. The quantitative estimate of drug-likeness (QED) is 0.481. The second-order valence-corrected chi connectivity index (χ2v) is 8.61. The number of fused-ring (bicyclic) bond motifs is 2. The van der Waals surface area contributed by atoms with Gasteiger partial charge in [0.2, 0.25) is 0 Å². The molecule has 0 unspecified atom stereocenters. The Morgan fingerprint density at radius 2 is 2.14 bits per heavy atom. The average molecular weight is 405 g/mol. The van der Waals surface area contributed by atoms with Crippen molar-refractivity contribution in [3.05, 3.63) is 36.7 Å². The Kier molecular flexibility index (Phi) is 3.78. The van der Waals surface area contributed by atoms with Gasteiger partial charge in [0.1, 0.15) is 5.75 Å². The molecule has 6 rings (SSSR count). The van der Waals surface area contributed by atoms with Crippen molar-refractivity contribution in [1.29, 1.82) is 0 Å². The molecule has 146 valence electrons. The number of rotatable bonds is 3. The second-order valence-electron chi connectivity index (χ2n) is 7.61. The lowest BCUT2D eigenvalue weighted by atomic mass is 9.84. The zero-order valence-corrected chi connectivity index (χ0v) is 16.4. The van der Waals surface area contributed by atoms with Crippen molar-refractivity contribution in [3.8, 4) is 28.1 Å². The monoisotopic (exact) mass is 405 g/mol. The van der Waals surface area contributed by atoms with Gasteiger partial charge in [-0.3, -0.25) is 5.10 Å². The molecule has 5 heterocycles. The van der Waals surface area contributed by atoms with Crippen LogP contribution in [0.25, 0.3) is 32.7 Å². The summed E-state index contributed by atoms with van der Waals surface area (Å²) in [6.07, 6.45) is 4.76. The van der Waals surface area contributed by atoms with Gasteiger partial charge in [0.25, 0.3) is 0 Å². The van der Waals surface area contributed by atoms with Crippen LogP contribution in [0.2, 0.25) is 0 Å². The molecular formula is C20H19N7OS. The number of phenolic OH excluding ortho intramolecular Hbond substituents is 1. The van der Waals surface area contributed by atoms with Crippen LogP contribution in [0.5, 0.6) is 5.75 Å². The van der Waals surface area contributed by atoms with Crippen LogP contribution in [0.4, 0.5) is 5.13 Å². The second kappa shape index (κ2) is 6.50. The Hall–Kier alpha value is -3.04. The number of nitrogens with one attached hydrogen (secondary N) is 2. The molecule has 2 atom stereocenters. The maximum absolute atomic E-state index is 10.6. The molecule has 0 saturated carbocycles. The Morgan fingerprint density at radius 3 is 2.97 bits per heavy atom. The SMILES string of the molecule is Oc1cc(-c2cn[nH]c2)ccc1-c1cc2sc(N3C[C@@H]4CCNC[C@@H]43)nc2nn1. The number of thiazole rings is 1. The number of aromatic amines is 1. The number of H-pyrrole nitrogens is 1. The fourth-order valence-corrected chi connectivity index (χ4v) is 5.27. The van der Waals surface area contributed by atoms with Crippen LogP contribution in [0, 0.1) is 5.92 Å². The summed E-state index contributed by atoms with van der Waals surface area (Å²) in [7, 11) is 0. The molecule has 0 radical (unpaired) electrons. The summed E-state index contributed by atoms with van der Waals surface area (Å²) in [6.45, 7) is 3.21. The van der Waals surface area contributed by atoms with E-state index in [1.165, 1.54) is 6.42 Å². The summed E-state index contributed by atoms with van der Waals surface area (Å²) in [5.74, 6) is 0.941. The third-order valence-corrected chi connectivity index (χ3v) is 6.94. The molecule has 2 aliphatic rings. The van der Waals surface area contributed by atoms with Crippen LogP contribution >= 0.6 is 11.3 Å². The first-order valence-corrected chi connectivity index (χ1v) is 10.5. The van der Waals surface area contributed by atoms with Gasteiger partial charge in [-0.05, 0) is 42.6 Å². The van der Waals surface area contributed by atoms with Crippen molar-refractivity contribution in [2.24, 2.45) is 5.92 Å². The van der Waals surface area contributed by atoms with Gasteiger partial charge in [-0.2, -0.15) is 10.1 Å². The minimum atomic E-state index is 0.168. The van der Waals surface area contributed by atoms with E-state index >= 15 is 0 Å². The van der Waals surface area contributed by atoms with Crippen LogP contribution in [0.15, 0.2) is 36.7 Å². The lowest BCUT2D eigenvalue weighted by molar-refractivity contribution is 0.229. The molecule has 0 amide bonds. The molecule has 29 heavy (non-hydrogen) atoms. The first-order valence-electron chi connectivity index (χ1n) is 9.70. The standard InChI is InChI=1S/C20H19N7OS/c28-17-5-11(13-7-22-23-8-13)1-2-14(17)15-6-18-19(26-25-15)24-20(29-18)27-10-12-3-4-21-9-16(12)27/h1-2,5-8,12,16,21,28H,3-4,9-10H2,(H,22,23)/t12-,16-/m0/s1. The summed E-state index contributed by atoms with van der Waals surface area (Å²) in [6, 6.07) is 8.03. The van der Waals surface area contributed by atoms with Gasteiger partial charge >= 0.3 is 0 Å². The summed E-state index contributed by atoms with van der Waals surface area (Å²) in [4.78, 5) is 7.08. The molecule has 0 aliphatic carbocycles. The van der Waals surface area contributed by atoms with Crippen molar-refractivity contribution < 1.29 is 5.11 Å². The number of hydrogen-bond acceptors (Lipinski definition) is 8. The summed E-state index contributed by atoms with van der Waals surface area (Å²) < 4.78 is 0.982. The average Bonchev–Trinajstić information content (AvgIpc) is 3.38. The van der Waals surface area contributed by atoms with E-state index in [9.17, 15) is 5.11 Å². The molecular weight excluding hydrogens is 386 g/mol. The number of hydrogen-bond donors (Lipinski definition) is 3. The summed E-state index contributed by atoms with van der Waals surface area (Å²) >= 11 is 1.64. The molecule has 8 nitrogen and oxygen atoms in total. The smallest absolute Gasteiger partial charge is 0.194 e. The molecule has 3 aromatic heterocycles. The third kappa shape index (κ3) is 2.77. The lowest BCUT2D eigenvalue weighted by Gasteiger charge is -2.50. The number of anilines is 1. The van der Waals surface area contributed by atoms with Crippen LogP contribution in [0.3, 0.4) is 0 Å². The Bertz CT molecular complexity index is 1190. The molecule has 2 fully saturated rings. The zero-order valence-electron chi connectivity index (χ0n) is 15.5. The van der Waals surface area contributed by atoms with E-state index in [0.29, 0.717) is 22.9 Å². The van der Waals surface area contributed by atoms with Gasteiger partial charge in [-0.1, -0.05) is 17.4 Å². The number of aromatic nitrogens is 5. The van der Waals surface area contributed by atoms with Gasteiger partial charge in [-0.25, -0.2) is 0 Å². The molecule has 1 aromatic carbocycles. The predicted molar refractivity (Wildman–Crippen MR) is 112 cm³/mol. The van der Waals surface area contributed by atoms with Gasteiger partial charge in [0.15, 0.2) is 10.8 Å². The van der Waals surface area contributed by atoms with Gasteiger partial charge < -0.3 is 15.3 Å². The minimum absolute atomic E-state index is 0.168. The highest BCUT2D eigenvalue weighted by Crippen LogP contribution is 2.39. The minimum Gasteiger partial charge on any atom is -0.507 e. The fraction of sp³-hybridized carbons (Fsp3) is 0.300. The van der Waals surface area contributed by atoms with Crippen molar-refractivity contribution in [1.82, 2.24) is 30.7 Å². The zero-order chi connectivity index (χ0) is 19.4. The molecule has 2 saturated heterocycles. The molecule has 2 aliphatic heterocycles. The number of nitrogens with zero attached hydrogens (tertiary/aromatic N) is 5. The third-order valence-electron chi connectivity index (χ3n) is 5.92. The highest BCUT2D eigenvalue weighted by Gasteiger charge is 2.41. The first-order chi connectivity index (χ1) is 14.3. The van der Waals surface area contributed by atoms with E-state index < -0.39 is 0 Å². The number of aromatic hydroxyl groups is 1. The Labute approximate surface area is 170 Å². The van der Waals surface area contributed by atoms with Gasteiger partial charge in [0, 0.05) is 36.5 Å². The predicted octanol–water partition coefficient (Wildman–Crippen LogP) is 2.65. The maximum atomic E-state index is 10.6. The van der Waals surface area contributed by atoms with Crippen molar-refractivity contribution in [2.75, 3.05) is 24.5 Å². The van der Waals surface area contributed by atoms with Crippen LogP contribution in [-0.4, -0.2) is 56.2 Å². The molecule has 4 aromatic rings. The van der Waals surface area contributed by atoms with Crippen LogP contribution < -0.4 is 10.2 Å². The van der Waals surface area contributed by atoms with E-state index in [-0.39, 0.29) is 5.75 Å². The molecule has 3 N–H and O–H groups in total. The topological polar surface area (TPSA) is 103 Å². The Morgan fingerprint density at radius 1 is 1.17 bits per heavy atom. The number of phenols is 1. The van der Waals surface area contributed by atoms with Crippen molar-refractivity contribution in [2.45, 2.75) is 12.5 Å². The lowest BCUT2D eigenvalue weighted by Crippen LogP contribution is -2.63. The first kappa shape index (κ1) is 16.9. The van der Waals surface area contributed by atoms with Gasteiger partial charge in [0.05, 0.1) is 16.6 Å². The number of piperidine rings is 1. The Balaban J connectivity index is 1.32. The van der Waals surface area contributed by atoms with Crippen molar-refractivity contribution in [3.63, 3.8) is 0 Å². The fourth-order valence-electron chi connectivity index (χ4n) is 4.27. The van der Waals surface area contributed by atoms with Crippen LogP contribution in [0.1, 0.15) is 6.42 Å². The van der Waals surface area contributed by atoms with E-state index in [1.54, 1.807) is 29.8 Å². The number of benzene rings is 1. The summed E-state index contributed by atoms with van der Waals surface area (Å²) in [5, 5.41) is 30.4. The summed E-state index contributed by atoms with van der Waals surface area (Å²) in [5.41, 5.74) is 3.77. The van der Waals surface area contributed by atoms with E-state index in [1.807, 2.05) is 18.2 Å². The van der Waals surface area contributed by atoms with Crippen molar-refractivity contribution >= 4 is 26.8 Å². The molecule has 0 spiro atoms. The normalized spacial score (nSPS) is 21.2. The highest BCUT2D eigenvalue weighted by molar-refractivity contribution is 7.22. The van der Waals surface area contributed by atoms with Gasteiger partial charge in [-0.15, -0.1) is 10.2 Å². The van der Waals surface area contributed by atoms with E-state index in [0.717, 1.165) is 46.5 Å². The van der Waals surface area contributed by atoms with E-state index in [4.69, 9.17) is 4.98 Å². The molecule has 0 bridgehead atoms. The highest BCUT2D eigenvalue weighted by atomic mass is 32.1. The molecule has 9 heteroatoms.